The third kappa shape index (κ3) is 2.93. The van der Waals surface area contributed by atoms with Crippen LogP contribution in [0.15, 0.2) is 0 Å². The Labute approximate surface area is 115 Å². The van der Waals surface area contributed by atoms with Gasteiger partial charge in [0.1, 0.15) is 0 Å². The number of aromatic nitrogens is 1. The van der Waals surface area contributed by atoms with Crippen LogP contribution < -0.4 is 4.90 Å². The Morgan fingerprint density at radius 2 is 2.11 bits per heavy atom. The molecule has 0 amide bonds. The van der Waals surface area contributed by atoms with Gasteiger partial charge in [0.15, 0.2) is 15.2 Å². The van der Waals surface area contributed by atoms with Crippen LogP contribution in [-0.2, 0) is 0 Å². The third-order valence-electron chi connectivity index (χ3n) is 2.95. The van der Waals surface area contributed by atoms with Crippen LogP contribution >= 0.6 is 22.9 Å². The number of carboxylic acids is 1. The molecule has 1 saturated heterocycles. The Kier molecular flexibility index (Phi) is 4.42. The maximum Gasteiger partial charge on any atom is 0.349 e. The molecule has 7 heteroatoms. The average molecular weight is 290 g/mol. The second-order valence-corrected chi connectivity index (χ2v) is 5.59. The van der Waals surface area contributed by atoms with Crippen molar-refractivity contribution in [2.24, 2.45) is 0 Å². The van der Waals surface area contributed by atoms with Gasteiger partial charge >= 0.3 is 5.97 Å². The van der Waals surface area contributed by atoms with Gasteiger partial charge in [-0.25, -0.2) is 9.78 Å². The highest BCUT2D eigenvalue weighted by Crippen LogP contribution is 2.30. The first-order chi connectivity index (χ1) is 8.61. The van der Waals surface area contributed by atoms with E-state index in [-0.39, 0.29) is 10.0 Å². The number of anilines is 1. The van der Waals surface area contributed by atoms with Crippen LogP contribution in [0.5, 0.6) is 0 Å². The molecular weight excluding hydrogens is 274 g/mol. The van der Waals surface area contributed by atoms with Gasteiger partial charge in [0.05, 0.1) is 0 Å². The van der Waals surface area contributed by atoms with Gasteiger partial charge in [-0.3, -0.25) is 4.90 Å². The molecule has 2 heterocycles. The number of aromatic carboxylic acids is 1. The molecule has 0 atom stereocenters. The average Bonchev–Trinajstić information content (AvgIpc) is 2.73. The van der Waals surface area contributed by atoms with Gasteiger partial charge in [0.25, 0.3) is 0 Å². The number of rotatable bonds is 4. The number of piperazine rings is 1. The normalized spacial score (nSPS) is 17.1. The minimum atomic E-state index is -1.01. The van der Waals surface area contributed by atoms with E-state index < -0.39 is 5.97 Å². The van der Waals surface area contributed by atoms with Gasteiger partial charge in [-0.05, 0) is 13.0 Å². The molecule has 18 heavy (non-hydrogen) atoms. The zero-order chi connectivity index (χ0) is 13.1. The van der Waals surface area contributed by atoms with Crippen molar-refractivity contribution in [2.75, 3.05) is 37.6 Å². The Balaban J connectivity index is 2.01. The lowest BCUT2D eigenvalue weighted by Gasteiger charge is -2.34. The summed E-state index contributed by atoms with van der Waals surface area (Å²) in [4.78, 5) is 19.7. The third-order valence-corrected chi connectivity index (χ3v) is 4.44. The number of thiazole rings is 1. The van der Waals surface area contributed by atoms with Crippen LogP contribution in [0.1, 0.15) is 23.0 Å². The molecule has 0 unspecified atom stereocenters. The molecule has 0 aromatic carbocycles. The number of halogens is 1. The van der Waals surface area contributed by atoms with Gasteiger partial charge in [-0.15, -0.1) is 0 Å². The van der Waals surface area contributed by atoms with Crippen molar-refractivity contribution >= 4 is 34.0 Å². The van der Waals surface area contributed by atoms with Gasteiger partial charge in [-0.1, -0.05) is 29.9 Å². The maximum atomic E-state index is 10.9. The molecule has 0 bridgehead atoms. The summed E-state index contributed by atoms with van der Waals surface area (Å²) in [5.41, 5.74) is 0. The van der Waals surface area contributed by atoms with Crippen molar-refractivity contribution in [1.82, 2.24) is 9.88 Å². The van der Waals surface area contributed by atoms with E-state index in [2.05, 4.69) is 21.7 Å². The van der Waals surface area contributed by atoms with Crippen LogP contribution in [0, 0.1) is 0 Å². The molecule has 0 radical (unpaired) electrons. The number of hydrogen-bond acceptors (Lipinski definition) is 5. The monoisotopic (exact) mass is 289 g/mol. The quantitative estimate of drug-likeness (QED) is 0.919. The molecule has 1 aliphatic heterocycles. The lowest BCUT2D eigenvalue weighted by molar-refractivity contribution is 0.0702. The minimum Gasteiger partial charge on any atom is -0.477 e. The zero-order valence-corrected chi connectivity index (χ0v) is 11.8. The number of nitrogens with zero attached hydrogens (tertiary/aromatic N) is 3. The first-order valence-corrected chi connectivity index (χ1v) is 7.18. The van der Waals surface area contributed by atoms with Crippen LogP contribution in [0.25, 0.3) is 0 Å². The van der Waals surface area contributed by atoms with Crippen LogP contribution in [-0.4, -0.2) is 53.7 Å². The summed E-state index contributed by atoms with van der Waals surface area (Å²) < 4.78 is 0. The molecule has 5 nitrogen and oxygen atoms in total. The number of hydrogen-bond donors (Lipinski definition) is 1. The summed E-state index contributed by atoms with van der Waals surface area (Å²) in [6, 6.07) is 0. The van der Waals surface area contributed by atoms with E-state index in [0.717, 1.165) is 50.5 Å². The fourth-order valence-corrected chi connectivity index (χ4v) is 3.21. The molecule has 1 aromatic rings. The molecule has 1 aliphatic rings. The Bertz CT molecular complexity index is 430. The highest BCUT2D eigenvalue weighted by molar-refractivity contribution is 7.18. The van der Waals surface area contributed by atoms with Crippen molar-refractivity contribution < 1.29 is 9.90 Å². The van der Waals surface area contributed by atoms with Gasteiger partial charge in [0, 0.05) is 26.2 Å². The second kappa shape index (κ2) is 5.86. The molecule has 2 rings (SSSR count). The SMILES string of the molecule is CCCN1CCN(c2nc(Cl)c(C(=O)O)s2)CC1. The fraction of sp³-hybridized carbons (Fsp3) is 0.636. The van der Waals surface area contributed by atoms with E-state index in [0.29, 0.717) is 5.13 Å². The molecule has 0 spiro atoms. The van der Waals surface area contributed by atoms with E-state index in [9.17, 15) is 4.79 Å². The maximum absolute atomic E-state index is 10.9. The lowest BCUT2D eigenvalue weighted by atomic mass is 10.3. The molecule has 1 N–H and O–H groups in total. The van der Waals surface area contributed by atoms with Crippen LogP contribution in [0.4, 0.5) is 5.13 Å². The number of carbonyl (C=O) groups is 1. The van der Waals surface area contributed by atoms with E-state index in [1.54, 1.807) is 0 Å². The molecular formula is C11H16ClN3O2S. The lowest BCUT2D eigenvalue weighted by Crippen LogP contribution is -2.46. The van der Waals surface area contributed by atoms with Crippen LogP contribution in [0.2, 0.25) is 5.15 Å². The van der Waals surface area contributed by atoms with E-state index in [4.69, 9.17) is 16.7 Å². The highest BCUT2D eigenvalue weighted by atomic mass is 35.5. The van der Waals surface area contributed by atoms with E-state index in [1.165, 1.54) is 0 Å². The van der Waals surface area contributed by atoms with Gasteiger partial charge in [0.2, 0.25) is 0 Å². The largest absolute Gasteiger partial charge is 0.477 e. The van der Waals surface area contributed by atoms with Crippen molar-refractivity contribution in [1.29, 1.82) is 0 Å². The standard InChI is InChI=1S/C11H16ClN3O2S/c1-2-3-14-4-6-15(7-5-14)11-13-9(12)8(18-11)10(16)17/h2-7H2,1H3,(H,16,17). The van der Waals surface area contributed by atoms with Crippen molar-refractivity contribution in [3.63, 3.8) is 0 Å². The summed E-state index contributed by atoms with van der Waals surface area (Å²) in [5.74, 6) is -1.01. The summed E-state index contributed by atoms with van der Waals surface area (Å²) in [5, 5.41) is 9.76. The molecule has 1 aromatic heterocycles. The molecule has 1 fully saturated rings. The second-order valence-electron chi connectivity index (χ2n) is 4.25. The van der Waals surface area contributed by atoms with Crippen LogP contribution in [0.3, 0.4) is 0 Å². The predicted octanol–water partition coefficient (Wildman–Crippen LogP) is 2.03. The Hall–Kier alpha value is -0.850. The predicted molar refractivity (Wildman–Crippen MR) is 73.0 cm³/mol. The van der Waals surface area contributed by atoms with Crippen molar-refractivity contribution in [2.45, 2.75) is 13.3 Å². The summed E-state index contributed by atoms with van der Waals surface area (Å²) >= 11 is 6.97. The number of carboxylic acid groups (broad SMARTS) is 1. The Morgan fingerprint density at radius 1 is 1.44 bits per heavy atom. The first kappa shape index (κ1) is 13.6. The Morgan fingerprint density at radius 3 is 2.61 bits per heavy atom. The minimum absolute atomic E-state index is 0.0958. The molecule has 100 valence electrons. The zero-order valence-electron chi connectivity index (χ0n) is 10.2. The van der Waals surface area contributed by atoms with Gasteiger partial charge in [-0.2, -0.15) is 0 Å². The van der Waals surface area contributed by atoms with Crippen molar-refractivity contribution in [3.05, 3.63) is 10.0 Å². The molecule has 0 saturated carbocycles. The summed E-state index contributed by atoms with van der Waals surface area (Å²) in [6.45, 7) is 7.03. The smallest absolute Gasteiger partial charge is 0.349 e. The topological polar surface area (TPSA) is 56.7 Å². The molecule has 0 aliphatic carbocycles. The first-order valence-electron chi connectivity index (χ1n) is 5.98. The van der Waals surface area contributed by atoms with Gasteiger partial charge < -0.3 is 10.0 Å². The fourth-order valence-electron chi connectivity index (χ4n) is 2.04. The van der Waals surface area contributed by atoms with Crippen molar-refractivity contribution in [3.8, 4) is 0 Å². The summed E-state index contributed by atoms with van der Waals surface area (Å²) in [7, 11) is 0. The van der Waals surface area contributed by atoms with E-state index in [1.807, 2.05) is 0 Å². The van der Waals surface area contributed by atoms with E-state index >= 15 is 0 Å². The summed E-state index contributed by atoms with van der Waals surface area (Å²) in [6.07, 6.45) is 1.16. The highest BCUT2D eigenvalue weighted by Gasteiger charge is 2.22.